The number of rotatable bonds is 5. The van der Waals surface area contributed by atoms with E-state index in [9.17, 15) is 5.11 Å². The van der Waals surface area contributed by atoms with Crippen molar-refractivity contribution in [2.24, 2.45) is 0 Å². The minimum atomic E-state index is -0.457. The zero-order valence-corrected chi connectivity index (χ0v) is 11.4. The van der Waals surface area contributed by atoms with Gasteiger partial charge in [-0.1, -0.05) is 13.3 Å². The van der Waals surface area contributed by atoms with Gasteiger partial charge in [-0.25, -0.2) is 0 Å². The monoisotopic (exact) mass is 288 g/mol. The van der Waals surface area contributed by atoms with E-state index in [1.165, 1.54) is 0 Å². The van der Waals surface area contributed by atoms with Crippen LogP contribution in [-0.4, -0.2) is 19.3 Å². The molecule has 1 unspecified atom stereocenters. The molecule has 0 aliphatic carbocycles. The van der Waals surface area contributed by atoms with Crippen molar-refractivity contribution in [3.63, 3.8) is 0 Å². The van der Waals surface area contributed by atoms with Crippen LogP contribution in [0.5, 0.6) is 11.5 Å². The molecule has 90 valence electrons. The van der Waals surface area contributed by atoms with E-state index < -0.39 is 6.10 Å². The first kappa shape index (κ1) is 13.3. The number of aliphatic hydroxyl groups is 1. The maximum absolute atomic E-state index is 9.91. The molecule has 1 aromatic rings. The van der Waals surface area contributed by atoms with Crippen LogP contribution in [0, 0.1) is 0 Å². The highest BCUT2D eigenvalue weighted by atomic mass is 79.9. The largest absolute Gasteiger partial charge is 0.493 e. The smallest absolute Gasteiger partial charge is 0.174 e. The number of benzene rings is 1. The van der Waals surface area contributed by atoms with Gasteiger partial charge in [-0.2, -0.15) is 0 Å². The highest BCUT2D eigenvalue weighted by Crippen LogP contribution is 2.38. The minimum absolute atomic E-state index is 0.457. The molecule has 0 saturated heterocycles. The number of hydrogen-bond donors (Lipinski definition) is 1. The standard InChI is InChI=1S/C12H17BrO3/c1-4-5-10(14)8-6-9(13)12(16-3)11(7-8)15-2/h6-7,10,14H,4-5H2,1-3H3. The summed E-state index contributed by atoms with van der Waals surface area (Å²) in [4.78, 5) is 0. The molecule has 0 saturated carbocycles. The number of halogens is 1. The van der Waals surface area contributed by atoms with Crippen molar-refractivity contribution < 1.29 is 14.6 Å². The molecular formula is C12H17BrO3. The van der Waals surface area contributed by atoms with E-state index in [0.717, 1.165) is 22.9 Å². The molecule has 0 fully saturated rings. The first-order chi connectivity index (χ1) is 7.63. The Kier molecular flexibility index (Phi) is 5.09. The van der Waals surface area contributed by atoms with Crippen LogP contribution in [0.3, 0.4) is 0 Å². The Morgan fingerprint density at radius 1 is 1.31 bits per heavy atom. The van der Waals surface area contributed by atoms with Gasteiger partial charge in [0.05, 0.1) is 24.8 Å². The SMILES string of the molecule is CCCC(O)c1cc(Br)c(OC)c(OC)c1. The number of aliphatic hydroxyl groups excluding tert-OH is 1. The van der Waals surface area contributed by atoms with Gasteiger partial charge in [0.15, 0.2) is 11.5 Å². The van der Waals surface area contributed by atoms with Crippen molar-refractivity contribution in [1.82, 2.24) is 0 Å². The van der Waals surface area contributed by atoms with Crippen LogP contribution in [0.4, 0.5) is 0 Å². The van der Waals surface area contributed by atoms with Crippen LogP contribution in [0.15, 0.2) is 16.6 Å². The number of hydrogen-bond acceptors (Lipinski definition) is 3. The van der Waals surface area contributed by atoms with Crippen molar-refractivity contribution in [2.45, 2.75) is 25.9 Å². The van der Waals surface area contributed by atoms with Gasteiger partial charge >= 0.3 is 0 Å². The molecule has 0 heterocycles. The first-order valence-electron chi connectivity index (χ1n) is 5.23. The Bertz CT molecular complexity index is 352. The van der Waals surface area contributed by atoms with Gasteiger partial charge in [-0.15, -0.1) is 0 Å². The summed E-state index contributed by atoms with van der Waals surface area (Å²) < 4.78 is 11.2. The Hall–Kier alpha value is -0.740. The third-order valence-electron chi connectivity index (χ3n) is 2.40. The van der Waals surface area contributed by atoms with Crippen LogP contribution in [0.1, 0.15) is 31.4 Å². The summed E-state index contributed by atoms with van der Waals surface area (Å²) in [5, 5.41) is 9.91. The molecule has 0 bridgehead atoms. The van der Waals surface area contributed by atoms with Gasteiger partial charge in [0.25, 0.3) is 0 Å². The molecule has 0 spiro atoms. The summed E-state index contributed by atoms with van der Waals surface area (Å²) >= 11 is 3.40. The molecule has 3 nitrogen and oxygen atoms in total. The van der Waals surface area contributed by atoms with Crippen molar-refractivity contribution in [3.05, 3.63) is 22.2 Å². The van der Waals surface area contributed by atoms with Gasteiger partial charge in [-0.05, 0) is 40.0 Å². The lowest BCUT2D eigenvalue weighted by Gasteiger charge is -2.15. The molecule has 0 aromatic heterocycles. The Morgan fingerprint density at radius 2 is 2.00 bits per heavy atom. The predicted molar refractivity (Wildman–Crippen MR) is 67.1 cm³/mol. The molecule has 1 rings (SSSR count). The average Bonchev–Trinajstić information content (AvgIpc) is 2.28. The molecular weight excluding hydrogens is 272 g/mol. The first-order valence-corrected chi connectivity index (χ1v) is 6.02. The zero-order valence-electron chi connectivity index (χ0n) is 9.79. The molecule has 16 heavy (non-hydrogen) atoms. The van der Waals surface area contributed by atoms with E-state index in [4.69, 9.17) is 9.47 Å². The topological polar surface area (TPSA) is 38.7 Å². The van der Waals surface area contributed by atoms with Gasteiger partial charge in [0.2, 0.25) is 0 Å². The fourth-order valence-electron chi connectivity index (χ4n) is 1.57. The third kappa shape index (κ3) is 2.89. The summed E-state index contributed by atoms with van der Waals surface area (Å²) in [7, 11) is 3.17. The fraction of sp³-hybridized carbons (Fsp3) is 0.500. The number of methoxy groups -OCH3 is 2. The summed E-state index contributed by atoms with van der Waals surface area (Å²) in [6, 6.07) is 3.67. The quantitative estimate of drug-likeness (QED) is 0.904. The Balaban J connectivity index is 3.09. The average molecular weight is 289 g/mol. The third-order valence-corrected chi connectivity index (χ3v) is 2.99. The molecule has 1 atom stereocenters. The lowest BCUT2D eigenvalue weighted by atomic mass is 10.0. The summed E-state index contributed by atoms with van der Waals surface area (Å²) in [5.74, 6) is 1.27. The van der Waals surface area contributed by atoms with Crippen LogP contribution < -0.4 is 9.47 Å². The second-order valence-electron chi connectivity index (χ2n) is 3.54. The van der Waals surface area contributed by atoms with Crippen LogP contribution in [-0.2, 0) is 0 Å². The zero-order chi connectivity index (χ0) is 12.1. The van der Waals surface area contributed by atoms with E-state index in [1.807, 2.05) is 19.1 Å². The molecule has 4 heteroatoms. The lowest BCUT2D eigenvalue weighted by molar-refractivity contribution is 0.166. The Labute approximate surface area is 105 Å². The molecule has 0 amide bonds. The van der Waals surface area contributed by atoms with E-state index in [-0.39, 0.29) is 0 Å². The highest BCUT2D eigenvalue weighted by Gasteiger charge is 2.14. The lowest BCUT2D eigenvalue weighted by Crippen LogP contribution is -1.99. The van der Waals surface area contributed by atoms with Crippen LogP contribution in [0.25, 0.3) is 0 Å². The normalized spacial score (nSPS) is 12.3. The molecule has 0 aliphatic rings. The summed E-state index contributed by atoms with van der Waals surface area (Å²) in [6.07, 6.45) is 1.22. The van der Waals surface area contributed by atoms with Gasteiger partial charge in [0.1, 0.15) is 0 Å². The Morgan fingerprint density at radius 3 is 2.50 bits per heavy atom. The second-order valence-corrected chi connectivity index (χ2v) is 4.40. The molecule has 1 aromatic carbocycles. The van der Waals surface area contributed by atoms with E-state index in [0.29, 0.717) is 11.5 Å². The maximum Gasteiger partial charge on any atom is 0.174 e. The summed E-state index contributed by atoms with van der Waals surface area (Å²) in [6.45, 7) is 2.04. The van der Waals surface area contributed by atoms with Gasteiger partial charge in [-0.3, -0.25) is 0 Å². The maximum atomic E-state index is 9.91. The number of ether oxygens (including phenoxy) is 2. The predicted octanol–water partition coefficient (Wildman–Crippen LogP) is 3.30. The molecule has 0 radical (unpaired) electrons. The second kappa shape index (κ2) is 6.11. The highest BCUT2D eigenvalue weighted by molar-refractivity contribution is 9.10. The van der Waals surface area contributed by atoms with Crippen LogP contribution >= 0.6 is 15.9 Å². The fourth-order valence-corrected chi connectivity index (χ4v) is 2.19. The van der Waals surface area contributed by atoms with E-state index >= 15 is 0 Å². The van der Waals surface area contributed by atoms with E-state index in [2.05, 4.69) is 15.9 Å². The van der Waals surface area contributed by atoms with Gasteiger partial charge in [0, 0.05) is 0 Å². The van der Waals surface area contributed by atoms with Crippen molar-refractivity contribution in [1.29, 1.82) is 0 Å². The molecule has 1 N–H and O–H groups in total. The van der Waals surface area contributed by atoms with Crippen LogP contribution in [0.2, 0.25) is 0 Å². The van der Waals surface area contributed by atoms with Crippen molar-refractivity contribution in [3.8, 4) is 11.5 Å². The van der Waals surface area contributed by atoms with Crippen molar-refractivity contribution >= 4 is 15.9 Å². The minimum Gasteiger partial charge on any atom is -0.493 e. The summed E-state index contributed by atoms with van der Waals surface area (Å²) in [5.41, 5.74) is 0.839. The van der Waals surface area contributed by atoms with E-state index in [1.54, 1.807) is 14.2 Å². The molecule has 0 aliphatic heterocycles. The van der Waals surface area contributed by atoms with Gasteiger partial charge < -0.3 is 14.6 Å². The van der Waals surface area contributed by atoms with Crippen molar-refractivity contribution in [2.75, 3.05) is 14.2 Å².